The van der Waals surface area contributed by atoms with E-state index in [0.717, 1.165) is 5.33 Å². The molecule has 0 aliphatic carbocycles. The molecule has 4 heteroatoms. The van der Waals surface area contributed by atoms with Crippen LogP contribution in [-0.2, 0) is 5.33 Å². The van der Waals surface area contributed by atoms with Gasteiger partial charge in [-0.2, -0.15) is 0 Å². The van der Waals surface area contributed by atoms with E-state index >= 15 is 0 Å². The molecule has 8 rings (SSSR count). The maximum atomic E-state index is 3.66. The van der Waals surface area contributed by atoms with Crippen molar-refractivity contribution in [1.29, 1.82) is 0 Å². The molecule has 0 amide bonds. The van der Waals surface area contributed by atoms with Gasteiger partial charge >= 0.3 is 0 Å². The van der Waals surface area contributed by atoms with Crippen molar-refractivity contribution >= 4 is 72.9 Å². The largest absolute Gasteiger partial charge is 0.309 e. The van der Waals surface area contributed by atoms with Crippen molar-refractivity contribution in [3.05, 3.63) is 139 Å². The normalized spacial score (nSPS) is 11.7. The summed E-state index contributed by atoms with van der Waals surface area (Å²) in [5, 5.41) is 5.92. The van der Waals surface area contributed by atoms with Crippen LogP contribution < -0.4 is 5.46 Å². The van der Waals surface area contributed by atoms with Gasteiger partial charge in [-0.05, 0) is 77.4 Å². The molecule has 0 unspecified atom stereocenters. The number of alkyl halides is 1. The van der Waals surface area contributed by atoms with Gasteiger partial charge in [-0.3, -0.25) is 0 Å². The summed E-state index contributed by atoms with van der Waals surface area (Å²) in [4.78, 5) is 0. The minimum atomic E-state index is 0.839. The SMILES string of the molecule is Bc1cc(CBr)cc(-n2c3ccccc3c3cc(-c4ccc5c(c4)c4ccccc4n5-c4ccccc4)ccc32)c1. The number of nitrogens with zero attached hydrogens (tertiary/aromatic N) is 2. The smallest absolute Gasteiger partial charge is 0.139 e. The third-order valence-electron chi connectivity index (χ3n) is 8.23. The number of hydrogen-bond donors (Lipinski definition) is 0. The van der Waals surface area contributed by atoms with E-state index < -0.39 is 0 Å². The fourth-order valence-corrected chi connectivity index (χ4v) is 6.81. The number of fused-ring (bicyclic) bond motifs is 6. The Bertz CT molecular complexity index is 2260. The zero-order valence-corrected chi connectivity index (χ0v) is 24.3. The number of aromatic nitrogens is 2. The first kappa shape index (κ1) is 24.3. The molecule has 41 heavy (non-hydrogen) atoms. The molecule has 0 aliphatic heterocycles. The van der Waals surface area contributed by atoms with Crippen molar-refractivity contribution in [3.8, 4) is 22.5 Å². The Morgan fingerprint density at radius 1 is 0.463 bits per heavy atom. The fourth-order valence-electron chi connectivity index (χ4n) is 6.49. The van der Waals surface area contributed by atoms with E-state index in [1.807, 2.05) is 0 Å². The molecule has 0 saturated heterocycles. The lowest BCUT2D eigenvalue weighted by atomic mass is 9.94. The molecule has 0 atom stereocenters. The molecule has 0 spiro atoms. The minimum absolute atomic E-state index is 0.839. The highest BCUT2D eigenvalue weighted by molar-refractivity contribution is 9.08. The first-order valence-electron chi connectivity index (χ1n) is 14.0. The second kappa shape index (κ2) is 9.54. The molecular formula is C37H26BBrN2. The number of rotatable bonds is 4. The maximum absolute atomic E-state index is 3.66. The Morgan fingerprint density at radius 3 is 1.56 bits per heavy atom. The number of halogens is 1. The molecule has 0 radical (unpaired) electrons. The monoisotopic (exact) mass is 588 g/mol. The zero-order chi connectivity index (χ0) is 27.5. The number of benzene rings is 6. The predicted octanol–water partition coefficient (Wildman–Crippen LogP) is 8.70. The number of hydrogen-bond acceptors (Lipinski definition) is 0. The topological polar surface area (TPSA) is 9.86 Å². The van der Waals surface area contributed by atoms with Crippen LogP contribution in [0.15, 0.2) is 133 Å². The Hall–Kier alpha value is -4.54. The molecule has 0 saturated carbocycles. The summed E-state index contributed by atoms with van der Waals surface area (Å²) in [6.45, 7) is 0. The third-order valence-corrected chi connectivity index (χ3v) is 8.87. The zero-order valence-electron chi connectivity index (χ0n) is 22.7. The van der Waals surface area contributed by atoms with Crippen molar-refractivity contribution in [1.82, 2.24) is 9.13 Å². The summed E-state index contributed by atoms with van der Waals surface area (Å²) < 4.78 is 4.78. The van der Waals surface area contributed by atoms with Gasteiger partial charge in [0.15, 0.2) is 0 Å². The van der Waals surface area contributed by atoms with Crippen LogP contribution in [0.5, 0.6) is 0 Å². The number of para-hydroxylation sites is 3. The fraction of sp³-hybridized carbons (Fsp3) is 0.0270. The lowest BCUT2D eigenvalue weighted by Gasteiger charge is -2.11. The molecule has 2 heterocycles. The second-order valence-electron chi connectivity index (χ2n) is 10.8. The van der Waals surface area contributed by atoms with E-state index in [1.54, 1.807) is 0 Å². The summed E-state index contributed by atoms with van der Waals surface area (Å²) in [7, 11) is 2.17. The molecule has 2 aromatic heterocycles. The molecule has 0 bridgehead atoms. The molecule has 6 aromatic carbocycles. The van der Waals surface area contributed by atoms with Crippen LogP contribution in [0.25, 0.3) is 66.1 Å². The summed E-state index contributed by atoms with van der Waals surface area (Å²) in [5.74, 6) is 0. The van der Waals surface area contributed by atoms with E-state index in [2.05, 4.69) is 166 Å². The van der Waals surface area contributed by atoms with E-state index in [-0.39, 0.29) is 0 Å². The average Bonchev–Trinajstić information content (AvgIpc) is 3.53. The van der Waals surface area contributed by atoms with E-state index in [0.29, 0.717) is 0 Å². The highest BCUT2D eigenvalue weighted by Gasteiger charge is 2.16. The summed E-state index contributed by atoms with van der Waals surface area (Å²) in [5.41, 5.74) is 12.3. The van der Waals surface area contributed by atoms with Gasteiger partial charge in [0.1, 0.15) is 7.85 Å². The quantitative estimate of drug-likeness (QED) is 0.144. The highest BCUT2D eigenvalue weighted by atomic mass is 79.9. The van der Waals surface area contributed by atoms with Crippen molar-refractivity contribution in [3.63, 3.8) is 0 Å². The van der Waals surface area contributed by atoms with Crippen LogP contribution in [-0.4, -0.2) is 17.0 Å². The second-order valence-corrected chi connectivity index (χ2v) is 11.4. The van der Waals surface area contributed by atoms with Gasteiger partial charge in [-0.25, -0.2) is 0 Å². The van der Waals surface area contributed by atoms with Crippen molar-refractivity contribution in [2.24, 2.45) is 0 Å². The predicted molar refractivity (Wildman–Crippen MR) is 181 cm³/mol. The Morgan fingerprint density at radius 2 is 0.976 bits per heavy atom. The maximum Gasteiger partial charge on any atom is 0.139 e. The lowest BCUT2D eigenvalue weighted by molar-refractivity contribution is 1.17. The van der Waals surface area contributed by atoms with Crippen LogP contribution >= 0.6 is 15.9 Å². The Labute approximate surface area is 248 Å². The van der Waals surface area contributed by atoms with Crippen LogP contribution in [0.1, 0.15) is 5.56 Å². The minimum Gasteiger partial charge on any atom is -0.309 e. The van der Waals surface area contributed by atoms with Gasteiger partial charge in [-0.1, -0.05) is 94.2 Å². The van der Waals surface area contributed by atoms with E-state index in [4.69, 9.17) is 0 Å². The average molecular weight is 589 g/mol. The highest BCUT2D eigenvalue weighted by Crippen LogP contribution is 2.38. The molecule has 0 N–H and O–H groups in total. The van der Waals surface area contributed by atoms with Gasteiger partial charge in [0, 0.05) is 38.2 Å². The lowest BCUT2D eigenvalue weighted by Crippen LogP contribution is -2.07. The van der Waals surface area contributed by atoms with Crippen LogP contribution in [0.3, 0.4) is 0 Å². The van der Waals surface area contributed by atoms with Gasteiger partial charge in [0.2, 0.25) is 0 Å². The molecule has 194 valence electrons. The molecule has 0 aliphatic rings. The molecule has 2 nitrogen and oxygen atoms in total. The van der Waals surface area contributed by atoms with Gasteiger partial charge in [0.25, 0.3) is 0 Å². The standard InChI is InChI=1S/C37H26BBrN2/c38-27-18-24(23-39)19-29(22-27)41-35-13-7-5-11-31(35)33-21-26(15-17-37(33)41)25-14-16-36-32(20-25)30-10-4-6-12-34(30)40(36)28-8-2-1-3-9-28/h1-22H,23,38H2. The summed E-state index contributed by atoms with van der Waals surface area (Å²) in [6.07, 6.45) is 0. The van der Waals surface area contributed by atoms with Crippen LogP contribution in [0.2, 0.25) is 0 Å². The molecule has 0 fully saturated rings. The van der Waals surface area contributed by atoms with Gasteiger partial charge < -0.3 is 9.13 Å². The summed E-state index contributed by atoms with van der Waals surface area (Å²) >= 11 is 3.66. The summed E-state index contributed by atoms with van der Waals surface area (Å²) in [6, 6.07) is 48.8. The van der Waals surface area contributed by atoms with E-state index in [1.165, 1.54) is 77.1 Å². The Kier molecular flexibility index (Phi) is 5.65. The van der Waals surface area contributed by atoms with Crippen LogP contribution in [0.4, 0.5) is 0 Å². The first-order valence-corrected chi connectivity index (χ1v) is 15.1. The van der Waals surface area contributed by atoms with Crippen LogP contribution in [0, 0.1) is 0 Å². The van der Waals surface area contributed by atoms with Crippen molar-refractivity contribution < 1.29 is 0 Å². The molecule has 8 aromatic rings. The Balaban J connectivity index is 1.35. The van der Waals surface area contributed by atoms with Crippen molar-refractivity contribution in [2.75, 3.05) is 0 Å². The first-order chi connectivity index (χ1) is 20.2. The van der Waals surface area contributed by atoms with Gasteiger partial charge in [-0.15, -0.1) is 0 Å². The van der Waals surface area contributed by atoms with E-state index in [9.17, 15) is 0 Å². The molecular weight excluding hydrogens is 563 g/mol. The third kappa shape index (κ3) is 3.86. The van der Waals surface area contributed by atoms with Gasteiger partial charge in [0.05, 0.1) is 22.1 Å². The van der Waals surface area contributed by atoms with Crippen molar-refractivity contribution in [2.45, 2.75) is 5.33 Å².